The molecule has 0 radical (unpaired) electrons. The van der Waals surface area contributed by atoms with E-state index in [0.29, 0.717) is 29.9 Å². The number of carbonyl (C=O) groups excluding carboxylic acids is 1. The van der Waals surface area contributed by atoms with Crippen molar-refractivity contribution in [2.45, 2.75) is 52.0 Å². The molecule has 23 heavy (non-hydrogen) atoms. The summed E-state index contributed by atoms with van der Waals surface area (Å²) < 4.78 is 6.87. The number of fused-ring (bicyclic) bond motifs is 1. The highest BCUT2D eigenvalue weighted by atomic mass is 16.5. The van der Waals surface area contributed by atoms with E-state index in [0.717, 1.165) is 12.8 Å². The fraction of sp³-hybridized carbons (Fsp3) is 0.625. The Balaban J connectivity index is 1.96. The average molecular weight is 318 g/mol. The second kappa shape index (κ2) is 6.14. The highest BCUT2D eigenvalue weighted by Crippen LogP contribution is 2.46. The van der Waals surface area contributed by atoms with Gasteiger partial charge in [-0.25, -0.2) is 9.67 Å². The Bertz CT molecular complexity index is 775. The number of rotatable bonds is 6. The third-order valence-electron chi connectivity index (χ3n) is 4.50. The third-order valence-corrected chi connectivity index (χ3v) is 4.50. The van der Waals surface area contributed by atoms with Crippen molar-refractivity contribution >= 4 is 17.0 Å². The maximum Gasteiger partial charge on any atom is 0.309 e. The number of aromatic nitrogens is 4. The van der Waals surface area contributed by atoms with E-state index in [9.17, 15) is 9.59 Å². The van der Waals surface area contributed by atoms with Gasteiger partial charge in [-0.15, -0.1) is 0 Å². The van der Waals surface area contributed by atoms with Gasteiger partial charge in [0.2, 0.25) is 0 Å². The highest BCUT2D eigenvalue weighted by Gasteiger charge is 2.47. The van der Waals surface area contributed by atoms with Crippen LogP contribution in [0, 0.1) is 5.92 Å². The summed E-state index contributed by atoms with van der Waals surface area (Å²) in [6, 6.07) is 0.217. The predicted molar refractivity (Wildman–Crippen MR) is 85.2 cm³/mol. The van der Waals surface area contributed by atoms with Gasteiger partial charge < -0.3 is 9.72 Å². The number of carbonyl (C=O) groups is 1. The fourth-order valence-corrected chi connectivity index (χ4v) is 3.04. The molecule has 0 saturated heterocycles. The maximum atomic E-state index is 12.3. The van der Waals surface area contributed by atoms with Crippen LogP contribution in [-0.4, -0.2) is 32.3 Å². The molecule has 2 atom stereocenters. The summed E-state index contributed by atoms with van der Waals surface area (Å²) in [6.45, 7) is 6.34. The summed E-state index contributed by atoms with van der Waals surface area (Å²) in [5, 5.41) is 4.84. The second-order valence-electron chi connectivity index (χ2n) is 5.95. The largest absolute Gasteiger partial charge is 0.466 e. The van der Waals surface area contributed by atoms with Gasteiger partial charge in [-0.3, -0.25) is 9.59 Å². The topological polar surface area (TPSA) is 89.9 Å². The van der Waals surface area contributed by atoms with E-state index in [1.807, 2.05) is 4.68 Å². The van der Waals surface area contributed by atoms with Gasteiger partial charge in [-0.1, -0.05) is 13.8 Å². The first-order chi connectivity index (χ1) is 11.1. The van der Waals surface area contributed by atoms with Crippen LogP contribution in [0.4, 0.5) is 0 Å². The molecule has 7 nitrogen and oxygen atoms in total. The van der Waals surface area contributed by atoms with Crippen LogP contribution < -0.4 is 5.56 Å². The number of aromatic amines is 1. The molecule has 1 aliphatic rings. The molecule has 2 aromatic rings. The van der Waals surface area contributed by atoms with Gasteiger partial charge in [0.15, 0.2) is 5.65 Å². The van der Waals surface area contributed by atoms with Crippen LogP contribution in [0.1, 0.15) is 57.8 Å². The zero-order valence-corrected chi connectivity index (χ0v) is 13.7. The zero-order chi connectivity index (χ0) is 16.6. The maximum absolute atomic E-state index is 12.3. The summed E-state index contributed by atoms with van der Waals surface area (Å²) >= 11 is 0. The van der Waals surface area contributed by atoms with Crippen molar-refractivity contribution in [2.24, 2.45) is 5.92 Å². The molecular formula is C16H22N4O3. The van der Waals surface area contributed by atoms with Crippen molar-refractivity contribution in [2.75, 3.05) is 6.61 Å². The Morgan fingerprint density at radius 3 is 2.83 bits per heavy atom. The smallest absolute Gasteiger partial charge is 0.309 e. The predicted octanol–water partition coefficient (Wildman–Crippen LogP) is 2.15. The van der Waals surface area contributed by atoms with E-state index in [2.05, 4.69) is 28.9 Å². The van der Waals surface area contributed by atoms with Crippen LogP contribution in [0.3, 0.4) is 0 Å². The first kappa shape index (κ1) is 15.7. The molecule has 1 saturated carbocycles. The summed E-state index contributed by atoms with van der Waals surface area (Å²) in [5.74, 6) is 0.0956. The normalized spacial score (nSPS) is 20.2. The minimum atomic E-state index is -0.214. The van der Waals surface area contributed by atoms with Gasteiger partial charge in [0.05, 0.1) is 24.8 Å². The van der Waals surface area contributed by atoms with E-state index < -0.39 is 0 Å². The van der Waals surface area contributed by atoms with Gasteiger partial charge in [0, 0.05) is 5.92 Å². The molecule has 0 aliphatic heterocycles. The quantitative estimate of drug-likeness (QED) is 0.824. The molecule has 0 amide bonds. The number of ether oxygens (including phenoxy) is 1. The van der Waals surface area contributed by atoms with Crippen molar-refractivity contribution < 1.29 is 9.53 Å². The van der Waals surface area contributed by atoms with Gasteiger partial charge in [0.1, 0.15) is 11.2 Å². The lowest BCUT2D eigenvalue weighted by atomic mass is 10.2. The molecular weight excluding hydrogens is 296 g/mol. The van der Waals surface area contributed by atoms with Gasteiger partial charge in [0.25, 0.3) is 5.56 Å². The van der Waals surface area contributed by atoms with Crippen LogP contribution in [0.2, 0.25) is 0 Å². The van der Waals surface area contributed by atoms with Crippen molar-refractivity contribution in [1.29, 1.82) is 0 Å². The molecule has 1 N–H and O–H groups in total. The molecule has 1 aliphatic carbocycles. The number of nitrogens with one attached hydrogen (secondary N) is 1. The number of hydrogen-bond donors (Lipinski definition) is 1. The van der Waals surface area contributed by atoms with Crippen molar-refractivity contribution in [3.8, 4) is 0 Å². The molecule has 2 aromatic heterocycles. The number of esters is 1. The third kappa shape index (κ3) is 2.75. The van der Waals surface area contributed by atoms with Crippen LogP contribution in [0.15, 0.2) is 11.0 Å². The fourth-order valence-electron chi connectivity index (χ4n) is 3.04. The molecule has 2 unspecified atom stereocenters. The zero-order valence-electron chi connectivity index (χ0n) is 13.7. The minimum absolute atomic E-state index is 0.0591. The molecule has 0 aromatic carbocycles. The summed E-state index contributed by atoms with van der Waals surface area (Å²) in [5.41, 5.74) is 0.406. The highest BCUT2D eigenvalue weighted by molar-refractivity contribution is 5.78. The Labute approximate surface area is 134 Å². The first-order valence-corrected chi connectivity index (χ1v) is 8.24. The molecule has 124 valence electrons. The molecule has 0 bridgehead atoms. The van der Waals surface area contributed by atoms with Crippen LogP contribution in [0.25, 0.3) is 11.0 Å². The number of hydrogen-bond acceptors (Lipinski definition) is 5. The number of H-pyrrole nitrogens is 1. The van der Waals surface area contributed by atoms with Gasteiger partial charge in [-0.2, -0.15) is 5.10 Å². The van der Waals surface area contributed by atoms with Gasteiger partial charge >= 0.3 is 5.97 Å². The van der Waals surface area contributed by atoms with Crippen LogP contribution >= 0.6 is 0 Å². The summed E-state index contributed by atoms with van der Waals surface area (Å²) in [7, 11) is 0. The van der Waals surface area contributed by atoms with Crippen molar-refractivity contribution in [1.82, 2.24) is 19.7 Å². The minimum Gasteiger partial charge on any atom is -0.466 e. The lowest BCUT2D eigenvalue weighted by Crippen LogP contribution is -2.15. The Morgan fingerprint density at radius 1 is 1.43 bits per heavy atom. The monoisotopic (exact) mass is 318 g/mol. The van der Waals surface area contributed by atoms with E-state index in [-0.39, 0.29) is 29.4 Å². The first-order valence-electron chi connectivity index (χ1n) is 8.24. The SMILES string of the molecule is CCOC(=O)C1CC1c1nc2c(cnn2C(CC)CC)c(=O)[nH]1. The van der Waals surface area contributed by atoms with Crippen molar-refractivity contribution in [3.05, 3.63) is 22.4 Å². The Hall–Kier alpha value is -2.18. The van der Waals surface area contributed by atoms with Crippen LogP contribution in [-0.2, 0) is 9.53 Å². The van der Waals surface area contributed by atoms with E-state index in [1.54, 1.807) is 13.1 Å². The number of nitrogens with zero attached hydrogens (tertiary/aromatic N) is 3. The molecule has 3 rings (SSSR count). The lowest BCUT2D eigenvalue weighted by Gasteiger charge is -2.13. The molecule has 2 heterocycles. The van der Waals surface area contributed by atoms with Crippen LogP contribution in [0.5, 0.6) is 0 Å². The molecule has 1 fully saturated rings. The second-order valence-corrected chi connectivity index (χ2v) is 5.95. The van der Waals surface area contributed by atoms with E-state index in [4.69, 9.17) is 4.74 Å². The van der Waals surface area contributed by atoms with E-state index in [1.165, 1.54) is 0 Å². The Kier molecular flexibility index (Phi) is 4.19. The molecule has 0 spiro atoms. The average Bonchev–Trinajstić information content (AvgIpc) is 3.24. The summed E-state index contributed by atoms with van der Waals surface area (Å²) in [4.78, 5) is 31.5. The van der Waals surface area contributed by atoms with Crippen molar-refractivity contribution in [3.63, 3.8) is 0 Å². The Morgan fingerprint density at radius 2 is 2.17 bits per heavy atom. The standard InChI is InChI=1S/C16H22N4O3/c1-4-9(5-2)20-14-12(8-17-20)15(21)19-13(18-14)10-7-11(10)16(22)23-6-3/h8-11H,4-7H2,1-3H3,(H,18,19,21). The van der Waals surface area contributed by atoms with E-state index >= 15 is 0 Å². The summed E-state index contributed by atoms with van der Waals surface area (Å²) in [6.07, 6.45) is 4.09. The molecule has 7 heteroatoms. The lowest BCUT2D eigenvalue weighted by molar-refractivity contribution is -0.144. The van der Waals surface area contributed by atoms with Gasteiger partial charge in [-0.05, 0) is 26.2 Å².